The maximum absolute atomic E-state index is 5.14. The van der Waals surface area contributed by atoms with E-state index in [0.29, 0.717) is 5.92 Å². The molecule has 2 aromatic heterocycles. The smallest absolute Gasteiger partial charge is 0.249 e. The van der Waals surface area contributed by atoms with Crippen LogP contribution in [0.4, 0.5) is 0 Å². The SMILES string of the molecule is C=C(C1C(CCC(/C=C\C)N=C(C)/C=C\C)c2ccccc2-c2cc(CC(C)(C)CC)c([Si](C)(C)C)c[n+]21)[n+]1ccc(C(C)C)cc1CC. The summed E-state index contributed by atoms with van der Waals surface area (Å²) in [7, 11) is -1.71. The Morgan fingerprint density at radius 1 is 1.04 bits per heavy atom. The highest BCUT2D eigenvalue weighted by Gasteiger charge is 2.47. The molecule has 0 fully saturated rings. The topological polar surface area (TPSA) is 20.1 Å². The molecule has 0 saturated carbocycles. The summed E-state index contributed by atoms with van der Waals surface area (Å²) in [5.74, 6) is 0.735. The van der Waals surface area contributed by atoms with Crippen LogP contribution in [0.25, 0.3) is 17.0 Å². The largest absolute Gasteiger partial charge is 0.283 e. The number of pyridine rings is 2. The first-order valence-corrected chi connectivity index (χ1v) is 22.4. The van der Waals surface area contributed by atoms with Gasteiger partial charge in [0.2, 0.25) is 17.4 Å². The van der Waals surface area contributed by atoms with Crippen LogP contribution in [-0.4, -0.2) is 19.8 Å². The molecule has 0 aliphatic carbocycles. The van der Waals surface area contributed by atoms with E-state index in [9.17, 15) is 0 Å². The third-order valence-electron chi connectivity index (χ3n) is 10.7. The molecular weight excluding hydrogens is 611 g/mol. The summed E-state index contributed by atoms with van der Waals surface area (Å²) in [6.07, 6.45) is 18.7. The van der Waals surface area contributed by atoms with Gasteiger partial charge in [0.05, 0.1) is 20.0 Å². The van der Waals surface area contributed by atoms with Crippen molar-refractivity contribution in [3.63, 3.8) is 0 Å². The van der Waals surface area contributed by atoms with Gasteiger partial charge in [-0.2, -0.15) is 9.13 Å². The molecule has 0 radical (unpaired) electrons. The van der Waals surface area contributed by atoms with Gasteiger partial charge >= 0.3 is 0 Å². The summed E-state index contributed by atoms with van der Waals surface area (Å²) in [5, 5.41) is 1.57. The first kappa shape index (κ1) is 38.4. The minimum atomic E-state index is -1.71. The quantitative estimate of drug-likeness (QED) is 0.0702. The van der Waals surface area contributed by atoms with Crippen molar-refractivity contribution in [3.8, 4) is 11.3 Å². The summed E-state index contributed by atoms with van der Waals surface area (Å²) in [6, 6.07) is 16.7. The Morgan fingerprint density at radius 3 is 2.37 bits per heavy atom. The number of aromatic nitrogens is 2. The number of benzene rings is 1. The van der Waals surface area contributed by atoms with Crippen molar-refractivity contribution in [1.29, 1.82) is 0 Å². The molecule has 3 atom stereocenters. The first-order valence-electron chi connectivity index (χ1n) is 18.9. The zero-order valence-electron chi connectivity index (χ0n) is 32.9. The van der Waals surface area contributed by atoms with Crippen LogP contribution in [0.2, 0.25) is 19.6 Å². The maximum atomic E-state index is 5.14. The Balaban J connectivity index is 2.00. The van der Waals surface area contributed by atoms with Gasteiger partial charge in [-0.05, 0) is 86.8 Å². The molecular formula is C45H65N3Si+2. The Morgan fingerprint density at radius 2 is 1.76 bits per heavy atom. The lowest BCUT2D eigenvalue weighted by Gasteiger charge is -2.33. The molecule has 1 aliphatic rings. The fourth-order valence-electron chi connectivity index (χ4n) is 7.58. The van der Waals surface area contributed by atoms with Crippen LogP contribution >= 0.6 is 0 Å². The second-order valence-corrected chi connectivity index (χ2v) is 21.4. The molecule has 4 heteroatoms. The van der Waals surface area contributed by atoms with E-state index in [1.54, 1.807) is 5.19 Å². The molecule has 0 amide bonds. The summed E-state index contributed by atoms with van der Waals surface area (Å²) in [4.78, 5) is 5.14. The van der Waals surface area contributed by atoms with Gasteiger partial charge in [-0.25, -0.2) is 0 Å². The van der Waals surface area contributed by atoms with Crippen LogP contribution < -0.4 is 14.3 Å². The average molecular weight is 676 g/mol. The number of allylic oxidation sites excluding steroid dienone is 4. The predicted molar refractivity (Wildman–Crippen MR) is 216 cm³/mol. The third-order valence-corrected chi connectivity index (χ3v) is 12.7. The standard InChI is InChI=1S/C45H65N3Si/c1-14-20-33(7)46-37(21-15-2)24-25-41-39-22-18-19-23-40(39)42-29-36(30-45(9,10)17-4)43(49(11,12)13)31-48(42)44(41)34(8)47-27-26-35(32(5)6)28-38(47)16-3/h14-15,18-23,26-29,31-32,37,41,44H,8,16-17,24-25,30H2,1-7,9-13H3/q+2/b20-14-,21-15-,46-33?. The number of aliphatic imine (C=N–C) groups is 1. The minimum Gasteiger partial charge on any atom is -0.283 e. The van der Waals surface area contributed by atoms with E-state index >= 15 is 0 Å². The zero-order valence-corrected chi connectivity index (χ0v) is 33.9. The maximum Gasteiger partial charge on any atom is 0.249 e. The summed E-state index contributed by atoms with van der Waals surface area (Å²) < 4.78 is 5.06. The third kappa shape index (κ3) is 8.87. The first-order chi connectivity index (χ1) is 23.1. The number of aryl methyl sites for hydroxylation is 1. The monoisotopic (exact) mass is 675 g/mol. The summed E-state index contributed by atoms with van der Waals surface area (Å²) >= 11 is 0. The van der Waals surface area contributed by atoms with Crippen molar-refractivity contribution in [1.82, 2.24) is 0 Å². The Labute approximate surface area is 300 Å². The fraction of sp³-hybridized carbons (Fsp3) is 0.489. The number of nitrogens with zero attached hydrogens (tertiary/aromatic N) is 3. The van der Waals surface area contributed by atoms with Crippen LogP contribution in [0.3, 0.4) is 0 Å². The predicted octanol–water partition coefficient (Wildman–Crippen LogP) is 10.7. The van der Waals surface area contributed by atoms with Crippen LogP contribution in [0.5, 0.6) is 0 Å². The van der Waals surface area contributed by atoms with Gasteiger partial charge in [0.1, 0.15) is 0 Å². The average Bonchev–Trinajstić information content (AvgIpc) is 3.05. The van der Waals surface area contributed by atoms with E-state index in [1.165, 1.54) is 33.6 Å². The zero-order chi connectivity index (χ0) is 36.1. The molecule has 3 aromatic rings. The Bertz CT molecular complexity index is 1720. The molecule has 0 N–H and O–H groups in total. The molecule has 0 spiro atoms. The molecule has 0 saturated heterocycles. The van der Waals surface area contributed by atoms with Gasteiger partial charge in [0.15, 0.2) is 18.1 Å². The van der Waals surface area contributed by atoms with Gasteiger partial charge in [-0.3, -0.25) is 4.99 Å². The van der Waals surface area contributed by atoms with Crippen LogP contribution in [0.15, 0.2) is 90.7 Å². The van der Waals surface area contributed by atoms with E-state index < -0.39 is 8.07 Å². The van der Waals surface area contributed by atoms with Crippen LogP contribution in [0, 0.1) is 5.41 Å². The number of rotatable bonds is 14. The second-order valence-electron chi connectivity index (χ2n) is 16.3. The lowest BCUT2D eigenvalue weighted by atomic mass is 9.77. The van der Waals surface area contributed by atoms with Gasteiger partial charge in [0.25, 0.3) is 0 Å². The lowest BCUT2D eigenvalue weighted by Crippen LogP contribution is -2.57. The van der Waals surface area contributed by atoms with E-state index in [4.69, 9.17) is 11.6 Å². The Hall–Kier alpha value is -3.37. The van der Waals surface area contributed by atoms with Gasteiger partial charge < -0.3 is 0 Å². The van der Waals surface area contributed by atoms with Crippen LogP contribution in [0.1, 0.15) is 122 Å². The van der Waals surface area contributed by atoms with E-state index in [2.05, 4.69) is 170 Å². The molecule has 3 heterocycles. The van der Waals surface area contributed by atoms with E-state index in [-0.39, 0.29) is 23.4 Å². The van der Waals surface area contributed by atoms with Crippen LogP contribution in [-0.2, 0) is 12.8 Å². The number of hydrogen-bond acceptors (Lipinski definition) is 1. The van der Waals surface area contributed by atoms with Gasteiger partial charge in [-0.1, -0.05) is 104 Å². The number of hydrogen-bond donors (Lipinski definition) is 0. The molecule has 262 valence electrons. The molecule has 1 aliphatic heterocycles. The highest BCUT2D eigenvalue weighted by molar-refractivity contribution is 6.89. The lowest BCUT2D eigenvalue weighted by molar-refractivity contribution is -0.729. The van der Waals surface area contributed by atoms with Crippen molar-refractivity contribution in [3.05, 3.63) is 108 Å². The molecule has 4 rings (SSSR count). The molecule has 49 heavy (non-hydrogen) atoms. The Kier molecular flexibility index (Phi) is 12.6. The minimum absolute atomic E-state index is 0.0697. The summed E-state index contributed by atoms with van der Waals surface area (Å²) in [5.41, 5.74) is 10.8. The van der Waals surface area contributed by atoms with Gasteiger partial charge in [-0.15, -0.1) is 0 Å². The van der Waals surface area contributed by atoms with Crippen molar-refractivity contribution in [2.24, 2.45) is 10.4 Å². The van der Waals surface area contributed by atoms with E-state index in [0.717, 1.165) is 43.5 Å². The molecule has 3 unspecified atom stereocenters. The van der Waals surface area contributed by atoms with E-state index in [1.807, 2.05) is 0 Å². The molecule has 0 bridgehead atoms. The normalized spacial score (nSPS) is 17.5. The molecule has 1 aromatic carbocycles. The number of fused-ring (bicyclic) bond motifs is 3. The van der Waals surface area contributed by atoms with Crippen molar-refractivity contribution >= 4 is 24.7 Å². The second kappa shape index (κ2) is 16.1. The highest BCUT2D eigenvalue weighted by atomic mass is 28.3. The molecule has 3 nitrogen and oxygen atoms in total. The summed E-state index contributed by atoms with van der Waals surface area (Å²) in [6.45, 7) is 32.8. The van der Waals surface area contributed by atoms with Crippen molar-refractivity contribution < 1.29 is 9.13 Å². The fourth-order valence-corrected chi connectivity index (χ4v) is 9.23. The van der Waals surface area contributed by atoms with Gasteiger partial charge in [0, 0.05) is 41.1 Å². The van der Waals surface area contributed by atoms with Crippen molar-refractivity contribution in [2.75, 3.05) is 0 Å². The highest BCUT2D eigenvalue weighted by Crippen LogP contribution is 2.44. The van der Waals surface area contributed by atoms with Crippen molar-refractivity contribution in [2.45, 2.75) is 138 Å².